The van der Waals surface area contributed by atoms with E-state index in [9.17, 15) is 13.9 Å². The van der Waals surface area contributed by atoms with Crippen LogP contribution in [0.3, 0.4) is 0 Å². The van der Waals surface area contributed by atoms with Gasteiger partial charge >= 0.3 is 0 Å². The summed E-state index contributed by atoms with van der Waals surface area (Å²) in [6.07, 6.45) is 0. The predicted octanol–water partition coefficient (Wildman–Crippen LogP) is 3.90. The average Bonchev–Trinajstić information content (AvgIpc) is 2.51. The Hall–Kier alpha value is -1.37. The maximum Gasteiger partial charge on any atom is 0.146 e. The number of benzene rings is 1. The summed E-state index contributed by atoms with van der Waals surface area (Å²) in [5, 5.41) is 12.4. The van der Waals surface area contributed by atoms with Gasteiger partial charge in [-0.3, -0.25) is 0 Å². The third-order valence-corrected chi connectivity index (χ3v) is 4.15. The Kier molecular flexibility index (Phi) is 6.21. The van der Waals surface area contributed by atoms with Gasteiger partial charge in [0.1, 0.15) is 11.6 Å². The molecule has 1 aromatic heterocycles. The molecule has 1 heterocycles. The molecule has 6 heteroatoms. The van der Waals surface area contributed by atoms with Gasteiger partial charge in [0.25, 0.3) is 0 Å². The molecule has 0 unspecified atom stereocenters. The molecule has 23 heavy (non-hydrogen) atoms. The first-order valence-corrected chi connectivity index (χ1v) is 8.16. The Morgan fingerprint density at radius 3 is 2.52 bits per heavy atom. The van der Waals surface area contributed by atoms with Gasteiger partial charge in [-0.2, -0.15) is 0 Å². The summed E-state index contributed by atoms with van der Waals surface area (Å²) >= 11 is 3.29. The SMILES string of the molecule is CC(C)[C@H](CO)NCc1nc(-c2cc(Br)ccc2F)ccc1F. The maximum atomic E-state index is 14.0. The molecule has 2 aromatic rings. The van der Waals surface area contributed by atoms with Gasteiger partial charge in [-0.05, 0) is 36.2 Å². The fraction of sp³-hybridized carbons (Fsp3) is 0.353. The summed E-state index contributed by atoms with van der Waals surface area (Å²) in [7, 11) is 0. The zero-order valence-electron chi connectivity index (χ0n) is 13.0. The van der Waals surface area contributed by atoms with Gasteiger partial charge in [0, 0.05) is 22.6 Å². The van der Waals surface area contributed by atoms with E-state index in [1.165, 1.54) is 18.2 Å². The summed E-state index contributed by atoms with van der Waals surface area (Å²) < 4.78 is 28.6. The highest BCUT2D eigenvalue weighted by Crippen LogP contribution is 2.25. The highest BCUT2D eigenvalue weighted by molar-refractivity contribution is 9.10. The number of aliphatic hydroxyl groups is 1. The highest BCUT2D eigenvalue weighted by atomic mass is 79.9. The Morgan fingerprint density at radius 2 is 1.87 bits per heavy atom. The Labute approximate surface area is 142 Å². The second kappa shape index (κ2) is 7.95. The lowest BCUT2D eigenvalue weighted by Crippen LogP contribution is -2.37. The van der Waals surface area contributed by atoms with Crippen LogP contribution >= 0.6 is 15.9 Å². The molecule has 2 rings (SSSR count). The van der Waals surface area contributed by atoms with Gasteiger partial charge in [0.05, 0.1) is 18.0 Å². The standard InChI is InChI=1S/C17H19BrF2N2O/c1-10(2)17(9-23)21-8-16-14(20)5-6-15(22-16)12-7-11(18)3-4-13(12)19/h3-7,10,17,21,23H,8-9H2,1-2H3/t17-/m0/s1. The molecule has 1 atom stereocenters. The van der Waals surface area contributed by atoms with Crippen molar-refractivity contribution in [3.63, 3.8) is 0 Å². The molecular weight excluding hydrogens is 366 g/mol. The third kappa shape index (κ3) is 4.56. The quantitative estimate of drug-likeness (QED) is 0.793. The van der Waals surface area contributed by atoms with E-state index in [-0.39, 0.29) is 30.8 Å². The predicted molar refractivity (Wildman–Crippen MR) is 89.8 cm³/mol. The number of pyridine rings is 1. The first kappa shape index (κ1) is 18.0. The first-order valence-electron chi connectivity index (χ1n) is 7.37. The molecule has 0 amide bonds. The van der Waals surface area contributed by atoms with E-state index in [2.05, 4.69) is 26.2 Å². The molecule has 0 radical (unpaired) electrons. The lowest BCUT2D eigenvalue weighted by atomic mass is 10.1. The number of hydrogen-bond acceptors (Lipinski definition) is 3. The molecule has 0 aliphatic rings. The van der Waals surface area contributed by atoms with Gasteiger partial charge < -0.3 is 10.4 Å². The number of nitrogens with one attached hydrogen (secondary N) is 1. The van der Waals surface area contributed by atoms with Crippen molar-refractivity contribution >= 4 is 15.9 Å². The Morgan fingerprint density at radius 1 is 1.17 bits per heavy atom. The average molecular weight is 385 g/mol. The fourth-order valence-electron chi connectivity index (χ4n) is 2.19. The van der Waals surface area contributed by atoms with Crippen LogP contribution in [0, 0.1) is 17.6 Å². The van der Waals surface area contributed by atoms with E-state index in [0.29, 0.717) is 11.3 Å². The van der Waals surface area contributed by atoms with Crippen LogP contribution in [0.2, 0.25) is 0 Å². The van der Waals surface area contributed by atoms with Crippen LogP contribution in [0.15, 0.2) is 34.8 Å². The van der Waals surface area contributed by atoms with Crippen molar-refractivity contribution in [2.75, 3.05) is 6.61 Å². The number of aliphatic hydroxyl groups excluding tert-OH is 1. The third-order valence-electron chi connectivity index (χ3n) is 3.66. The van der Waals surface area contributed by atoms with Gasteiger partial charge in [0.2, 0.25) is 0 Å². The van der Waals surface area contributed by atoms with E-state index >= 15 is 0 Å². The van der Waals surface area contributed by atoms with Crippen LogP contribution in [0.1, 0.15) is 19.5 Å². The maximum absolute atomic E-state index is 14.0. The molecule has 0 aliphatic heterocycles. The van der Waals surface area contributed by atoms with Gasteiger partial charge in [0.15, 0.2) is 0 Å². The summed E-state index contributed by atoms with van der Waals surface area (Å²) in [6.45, 7) is 4.05. The van der Waals surface area contributed by atoms with Crippen LogP contribution in [-0.4, -0.2) is 22.7 Å². The second-order valence-corrected chi connectivity index (χ2v) is 6.58. The number of halogens is 3. The van der Waals surface area contributed by atoms with E-state index in [1.54, 1.807) is 12.1 Å². The van der Waals surface area contributed by atoms with E-state index < -0.39 is 11.6 Å². The number of rotatable bonds is 6. The summed E-state index contributed by atoms with van der Waals surface area (Å²) in [6, 6.07) is 7.13. The molecule has 0 bridgehead atoms. The van der Waals surface area contributed by atoms with Gasteiger partial charge in [-0.1, -0.05) is 29.8 Å². The topological polar surface area (TPSA) is 45.1 Å². The molecule has 0 spiro atoms. The largest absolute Gasteiger partial charge is 0.395 e. The summed E-state index contributed by atoms with van der Waals surface area (Å²) in [5.74, 6) is -0.674. The fourth-order valence-corrected chi connectivity index (χ4v) is 2.55. The minimum absolute atomic E-state index is 0.0424. The number of aromatic nitrogens is 1. The van der Waals surface area contributed by atoms with Crippen molar-refractivity contribution in [3.05, 3.63) is 52.1 Å². The van der Waals surface area contributed by atoms with Crippen LogP contribution in [0.5, 0.6) is 0 Å². The molecule has 2 N–H and O–H groups in total. The molecule has 0 fully saturated rings. The number of hydrogen-bond donors (Lipinski definition) is 2. The molecule has 0 aliphatic carbocycles. The molecule has 0 saturated carbocycles. The van der Waals surface area contributed by atoms with Gasteiger partial charge in [-0.25, -0.2) is 13.8 Å². The van der Waals surface area contributed by atoms with Crippen LogP contribution in [-0.2, 0) is 6.54 Å². The zero-order chi connectivity index (χ0) is 17.0. The van der Waals surface area contributed by atoms with Crippen LogP contribution < -0.4 is 5.32 Å². The van der Waals surface area contributed by atoms with Crippen LogP contribution in [0.25, 0.3) is 11.3 Å². The van der Waals surface area contributed by atoms with Crippen molar-refractivity contribution in [1.29, 1.82) is 0 Å². The lowest BCUT2D eigenvalue weighted by Gasteiger charge is -2.20. The zero-order valence-corrected chi connectivity index (χ0v) is 14.6. The number of nitrogens with zero attached hydrogens (tertiary/aromatic N) is 1. The summed E-state index contributed by atoms with van der Waals surface area (Å²) in [4.78, 5) is 4.23. The normalized spacial score (nSPS) is 12.7. The minimum atomic E-state index is -0.461. The van der Waals surface area contributed by atoms with Crippen LogP contribution in [0.4, 0.5) is 8.78 Å². The molecular formula is C17H19BrF2N2O. The lowest BCUT2D eigenvalue weighted by molar-refractivity contribution is 0.209. The Bertz CT molecular complexity index is 680. The molecule has 3 nitrogen and oxygen atoms in total. The van der Waals surface area contributed by atoms with Gasteiger partial charge in [-0.15, -0.1) is 0 Å². The van der Waals surface area contributed by atoms with Crippen molar-refractivity contribution in [2.45, 2.75) is 26.4 Å². The van der Waals surface area contributed by atoms with Crippen molar-refractivity contribution in [1.82, 2.24) is 10.3 Å². The van der Waals surface area contributed by atoms with E-state index in [4.69, 9.17) is 0 Å². The monoisotopic (exact) mass is 384 g/mol. The Balaban J connectivity index is 2.27. The second-order valence-electron chi connectivity index (χ2n) is 5.66. The van der Waals surface area contributed by atoms with Crippen molar-refractivity contribution < 1.29 is 13.9 Å². The molecule has 0 saturated heterocycles. The van der Waals surface area contributed by atoms with E-state index in [1.807, 2.05) is 13.8 Å². The summed E-state index contributed by atoms with van der Waals surface area (Å²) in [5.41, 5.74) is 0.872. The van der Waals surface area contributed by atoms with Crippen molar-refractivity contribution in [3.8, 4) is 11.3 Å². The minimum Gasteiger partial charge on any atom is -0.395 e. The first-order chi connectivity index (χ1) is 10.9. The smallest absolute Gasteiger partial charge is 0.146 e. The molecule has 124 valence electrons. The highest BCUT2D eigenvalue weighted by Gasteiger charge is 2.15. The molecule has 1 aromatic carbocycles. The van der Waals surface area contributed by atoms with E-state index in [0.717, 1.165) is 4.47 Å². The van der Waals surface area contributed by atoms with Crippen molar-refractivity contribution in [2.24, 2.45) is 5.92 Å².